The van der Waals surface area contributed by atoms with Crippen LogP contribution in [0.4, 0.5) is 10.1 Å². The van der Waals surface area contributed by atoms with Gasteiger partial charge in [-0.15, -0.1) is 12.4 Å². The summed E-state index contributed by atoms with van der Waals surface area (Å²) in [7, 11) is 0. The van der Waals surface area contributed by atoms with Gasteiger partial charge in [0.05, 0.1) is 0 Å². The van der Waals surface area contributed by atoms with Crippen molar-refractivity contribution in [1.29, 1.82) is 0 Å². The van der Waals surface area contributed by atoms with Crippen molar-refractivity contribution in [2.24, 2.45) is 0 Å². The summed E-state index contributed by atoms with van der Waals surface area (Å²) >= 11 is 0. The number of hydrogen-bond acceptors (Lipinski definition) is 2. The van der Waals surface area contributed by atoms with Crippen molar-refractivity contribution in [2.75, 3.05) is 12.3 Å². The summed E-state index contributed by atoms with van der Waals surface area (Å²) < 4.78 is 13.1. The monoisotopic (exact) mass is 348 g/mol. The zero-order valence-corrected chi connectivity index (χ0v) is 14.6. The number of nitrogen functional groups attached to an aromatic ring is 1. The van der Waals surface area contributed by atoms with Gasteiger partial charge < -0.3 is 10.6 Å². The molecule has 2 N–H and O–H groups in total. The van der Waals surface area contributed by atoms with E-state index in [-0.39, 0.29) is 36.1 Å². The first-order chi connectivity index (χ1) is 11.0. The zero-order valence-electron chi connectivity index (χ0n) is 13.8. The Balaban J connectivity index is 0.00000208. The third kappa shape index (κ3) is 3.54. The number of nitrogens with zero attached hydrogens (tertiary/aromatic N) is 1. The van der Waals surface area contributed by atoms with E-state index in [2.05, 4.69) is 6.92 Å². The summed E-state index contributed by atoms with van der Waals surface area (Å²) in [5, 5.41) is 0. The van der Waals surface area contributed by atoms with Crippen molar-refractivity contribution in [3.8, 4) is 0 Å². The number of nitrogens with two attached hydrogens (primary N) is 1. The average Bonchev–Trinajstić information content (AvgIpc) is 2.91. The van der Waals surface area contributed by atoms with E-state index in [9.17, 15) is 9.18 Å². The van der Waals surface area contributed by atoms with E-state index in [1.165, 1.54) is 12.1 Å². The highest BCUT2D eigenvalue weighted by Gasteiger charge is 2.34. The first kappa shape index (κ1) is 18.3. The maximum absolute atomic E-state index is 13.1. The van der Waals surface area contributed by atoms with Crippen LogP contribution >= 0.6 is 12.4 Å². The quantitative estimate of drug-likeness (QED) is 0.828. The summed E-state index contributed by atoms with van der Waals surface area (Å²) in [6.07, 6.45) is 0.888. The van der Waals surface area contributed by atoms with Gasteiger partial charge in [0.15, 0.2) is 0 Å². The smallest absolute Gasteiger partial charge is 0.254 e. The summed E-state index contributed by atoms with van der Waals surface area (Å²) in [6.45, 7) is 4.63. The third-order valence-corrected chi connectivity index (χ3v) is 4.67. The predicted octanol–water partition coefficient (Wildman–Crippen LogP) is 4.16. The van der Waals surface area contributed by atoms with E-state index in [4.69, 9.17) is 5.73 Å². The molecule has 1 aliphatic heterocycles. The molecule has 0 aromatic heterocycles. The van der Waals surface area contributed by atoms with E-state index >= 15 is 0 Å². The van der Waals surface area contributed by atoms with Gasteiger partial charge in [-0.2, -0.15) is 0 Å². The van der Waals surface area contributed by atoms with Gasteiger partial charge in [-0.05, 0) is 55.7 Å². The molecule has 2 aromatic carbocycles. The number of hydrogen-bond donors (Lipinski definition) is 1. The molecule has 0 spiro atoms. The van der Waals surface area contributed by atoms with Crippen LogP contribution in [-0.4, -0.2) is 23.4 Å². The fraction of sp³-hybridized carbons (Fsp3) is 0.316. The first-order valence-corrected chi connectivity index (χ1v) is 7.88. The highest BCUT2D eigenvalue weighted by Crippen LogP contribution is 2.33. The summed E-state index contributed by atoms with van der Waals surface area (Å²) in [6, 6.07) is 12.2. The molecule has 0 radical (unpaired) electrons. The van der Waals surface area contributed by atoms with Crippen LogP contribution in [0.15, 0.2) is 42.5 Å². The lowest BCUT2D eigenvalue weighted by molar-refractivity contribution is 0.0745. The van der Waals surface area contributed by atoms with Crippen molar-refractivity contribution in [1.82, 2.24) is 4.90 Å². The molecule has 1 heterocycles. The predicted molar refractivity (Wildman–Crippen MR) is 97.1 cm³/mol. The maximum atomic E-state index is 13.1. The molecule has 1 saturated heterocycles. The lowest BCUT2D eigenvalue weighted by Crippen LogP contribution is -2.34. The van der Waals surface area contributed by atoms with Crippen molar-refractivity contribution in [2.45, 2.75) is 32.2 Å². The van der Waals surface area contributed by atoms with Crippen molar-refractivity contribution in [3.05, 3.63) is 65.0 Å². The molecule has 2 unspecified atom stereocenters. The van der Waals surface area contributed by atoms with Crippen LogP contribution in [0.2, 0.25) is 0 Å². The zero-order chi connectivity index (χ0) is 16.6. The SMILES string of the molecule is Cc1ccc(N)cc1C(=O)N1CC(c2ccc(F)cc2)CC1C.Cl. The minimum atomic E-state index is -0.233. The van der Waals surface area contributed by atoms with E-state index in [1.807, 2.05) is 30.0 Å². The van der Waals surface area contributed by atoms with Crippen LogP contribution in [0, 0.1) is 12.7 Å². The average molecular weight is 349 g/mol. The molecule has 2 atom stereocenters. The van der Waals surface area contributed by atoms with Gasteiger partial charge in [0.2, 0.25) is 0 Å². The Morgan fingerprint density at radius 3 is 2.54 bits per heavy atom. The van der Waals surface area contributed by atoms with Crippen LogP contribution in [0.1, 0.15) is 40.7 Å². The number of rotatable bonds is 2. The molecule has 24 heavy (non-hydrogen) atoms. The number of anilines is 1. The van der Waals surface area contributed by atoms with E-state index in [1.54, 1.807) is 12.1 Å². The molecule has 3 nitrogen and oxygen atoms in total. The number of amides is 1. The lowest BCUT2D eigenvalue weighted by atomic mass is 9.97. The highest BCUT2D eigenvalue weighted by atomic mass is 35.5. The number of benzene rings is 2. The van der Waals surface area contributed by atoms with Gasteiger partial charge in [-0.25, -0.2) is 4.39 Å². The van der Waals surface area contributed by atoms with Crippen LogP contribution in [0.3, 0.4) is 0 Å². The standard InChI is InChI=1S/C19H21FN2O.ClH/c1-12-3-8-17(21)10-18(12)19(23)22-11-15(9-13(22)2)14-4-6-16(20)7-5-14;/h3-8,10,13,15H,9,11,21H2,1-2H3;1H. The Morgan fingerprint density at radius 2 is 1.88 bits per heavy atom. The molecular formula is C19H22ClFN2O. The lowest BCUT2D eigenvalue weighted by Gasteiger charge is -2.22. The van der Waals surface area contributed by atoms with Gasteiger partial charge in [0.25, 0.3) is 5.91 Å². The summed E-state index contributed by atoms with van der Waals surface area (Å²) in [4.78, 5) is 14.8. The van der Waals surface area contributed by atoms with Gasteiger partial charge in [0, 0.05) is 29.8 Å². The van der Waals surface area contributed by atoms with Gasteiger partial charge >= 0.3 is 0 Å². The van der Waals surface area contributed by atoms with Gasteiger partial charge in [-0.3, -0.25) is 4.79 Å². The topological polar surface area (TPSA) is 46.3 Å². The largest absolute Gasteiger partial charge is 0.399 e. The Kier molecular flexibility index (Phi) is 5.50. The fourth-order valence-corrected chi connectivity index (χ4v) is 3.32. The van der Waals surface area contributed by atoms with E-state index < -0.39 is 0 Å². The fourth-order valence-electron chi connectivity index (χ4n) is 3.32. The molecular weight excluding hydrogens is 327 g/mol. The second-order valence-electron chi connectivity index (χ2n) is 6.37. The Bertz CT molecular complexity index is 733. The molecule has 1 aliphatic rings. The Hall–Kier alpha value is -2.07. The number of aryl methyl sites for hydroxylation is 1. The molecule has 128 valence electrons. The highest BCUT2D eigenvalue weighted by molar-refractivity contribution is 5.97. The summed E-state index contributed by atoms with van der Waals surface area (Å²) in [5.74, 6) is 0.0333. The Morgan fingerprint density at radius 1 is 1.21 bits per heavy atom. The van der Waals surface area contributed by atoms with Gasteiger partial charge in [-0.1, -0.05) is 18.2 Å². The number of likely N-dealkylation sites (tertiary alicyclic amines) is 1. The van der Waals surface area contributed by atoms with Crippen LogP contribution in [0.5, 0.6) is 0 Å². The molecule has 0 bridgehead atoms. The second kappa shape index (κ2) is 7.22. The molecule has 0 saturated carbocycles. The van der Waals surface area contributed by atoms with Crippen LogP contribution in [-0.2, 0) is 0 Å². The third-order valence-electron chi connectivity index (χ3n) is 4.67. The van der Waals surface area contributed by atoms with E-state index in [0.717, 1.165) is 17.5 Å². The molecule has 2 aromatic rings. The van der Waals surface area contributed by atoms with Crippen LogP contribution in [0.25, 0.3) is 0 Å². The van der Waals surface area contributed by atoms with Crippen molar-refractivity contribution < 1.29 is 9.18 Å². The first-order valence-electron chi connectivity index (χ1n) is 7.88. The number of halogens is 2. The minimum Gasteiger partial charge on any atom is -0.399 e. The van der Waals surface area contributed by atoms with E-state index in [0.29, 0.717) is 17.8 Å². The molecule has 3 rings (SSSR count). The molecule has 1 fully saturated rings. The molecule has 5 heteroatoms. The number of carbonyl (C=O) groups is 1. The Labute approximate surface area is 148 Å². The van der Waals surface area contributed by atoms with Crippen molar-refractivity contribution in [3.63, 3.8) is 0 Å². The minimum absolute atomic E-state index is 0. The summed E-state index contributed by atoms with van der Waals surface area (Å²) in [5.41, 5.74) is 9.10. The van der Waals surface area contributed by atoms with Crippen molar-refractivity contribution >= 4 is 24.0 Å². The maximum Gasteiger partial charge on any atom is 0.254 e. The molecule has 0 aliphatic carbocycles. The second-order valence-corrected chi connectivity index (χ2v) is 6.37. The van der Waals surface area contributed by atoms with Crippen LogP contribution < -0.4 is 5.73 Å². The normalized spacial score (nSPS) is 19.9. The van der Waals surface area contributed by atoms with Gasteiger partial charge in [0.1, 0.15) is 5.82 Å². The number of carbonyl (C=O) groups excluding carboxylic acids is 1. The molecule has 1 amide bonds.